The molecule has 0 heterocycles. The number of rotatable bonds is 2. The Morgan fingerprint density at radius 2 is 1.85 bits per heavy atom. The third-order valence-corrected chi connectivity index (χ3v) is 5.07. The lowest BCUT2D eigenvalue weighted by Crippen LogP contribution is -2.16. The summed E-state index contributed by atoms with van der Waals surface area (Å²) in [6.07, 6.45) is 9.03. The Kier molecular flexibility index (Phi) is 3.84. The van der Waals surface area contributed by atoms with E-state index in [1.807, 2.05) is 25.1 Å². The van der Waals surface area contributed by atoms with Gasteiger partial charge in [-0.25, -0.2) is 0 Å². The molecule has 2 aliphatic rings. The molecule has 2 aliphatic carbocycles. The Morgan fingerprint density at radius 3 is 2.50 bits per heavy atom. The zero-order valence-electron chi connectivity index (χ0n) is 11.7. The molecule has 3 heteroatoms. The Morgan fingerprint density at radius 1 is 1.20 bits per heavy atom. The molecular formula is C17H20ClNO. The second-order valence-corrected chi connectivity index (χ2v) is 6.29. The number of allylic oxidation sites excluding steroid dienone is 2. The zero-order valence-corrected chi connectivity index (χ0v) is 12.5. The number of halogens is 1. The molecule has 106 valence electrons. The van der Waals surface area contributed by atoms with Crippen LogP contribution in [0.15, 0.2) is 30.4 Å². The molecule has 1 aromatic rings. The van der Waals surface area contributed by atoms with Crippen LogP contribution in [-0.4, -0.2) is 5.91 Å². The summed E-state index contributed by atoms with van der Waals surface area (Å²) in [5.41, 5.74) is 1.79. The van der Waals surface area contributed by atoms with Crippen molar-refractivity contribution in [2.75, 3.05) is 5.32 Å². The molecule has 1 fully saturated rings. The molecule has 1 N–H and O–H groups in total. The highest BCUT2D eigenvalue weighted by molar-refractivity contribution is 6.31. The lowest BCUT2D eigenvalue weighted by atomic mass is 10.1. The van der Waals surface area contributed by atoms with E-state index in [1.165, 1.54) is 0 Å². The summed E-state index contributed by atoms with van der Waals surface area (Å²) in [7, 11) is 0. The van der Waals surface area contributed by atoms with Crippen molar-refractivity contribution in [1.82, 2.24) is 0 Å². The Bertz CT molecular complexity index is 536. The molecule has 1 saturated carbocycles. The van der Waals surface area contributed by atoms with Gasteiger partial charge in [0.2, 0.25) is 5.91 Å². The summed E-state index contributed by atoms with van der Waals surface area (Å²) in [5, 5.41) is 3.77. The van der Waals surface area contributed by atoms with Crippen LogP contribution >= 0.6 is 11.6 Å². The zero-order chi connectivity index (χ0) is 14.1. The van der Waals surface area contributed by atoms with Gasteiger partial charge in [-0.2, -0.15) is 0 Å². The van der Waals surface area contributed by atoms with Gasteiger partial charge in [0, 0.05) is 16.6 Å². The third kappa shape index (κ3) is 2.62. The summed E-state index contributed by atoms with van der Waals surface area (Å²) < 4.78 is 0. The van der Waals surface area contributed by atoms with E-state index >= 15 is 0 Å². The average molecular weight is 290 g/mol. The minimum atomic E-state index is 0.173. The van der Waals surface area contributed by atoms with Crippen molar-refractivity contribution in [2.24, 2.45) is 17.8 Å². The smallest absolute Gasteiger partial charge is 0.228 e. The fourth-order valence-corrected chi connectivity index (χ4v) is 3.57. The number of carbonyl (C=O) groups is 1. The van der Waals surface area contributed by atoms with Gasteiger partial charge in [-0.05, 0) is 62.1 Å². The van der Waals surface area contributed by atoms with Crippen LogP contribution in [0.5, 0.6) is 0 Å². The molecule has 2 unspecified atom stereocenters. The molecular weight excluding hydrogens is 270 g/mol. The maximum absolute atomic E-state index is 12.5. The van der Waals surface area contributed by atoms with Crippen molar-refractivity contribution in [3.8, 4) is 0 Å². The second-order valence-electron chi connectivity index (χ2n) is 5.88. The van der Waals surface area contributed by atoms with Crippen molar-refractivity contribution in [1.29, 1.82) is 0 Å². The van der Waals surface area contributed by atoms with Crippen LogP contribution in [-0.2, 0) is 4.79 Å². The van der Waals surface area contributed by atoms with E-state index in [1.54, 1.807) is 0 Å². The van der Waals surface area contributed by atoms with E-state index < -0.39 is 0 Å². The number of hydrogen-bond acceptors (Lipinski definition) is 1. The number of fused-ring (bicyclic) bond motifs is 1. The Balaban J connectivity index is 1.67. The van der Waals surface area contributed by atoms with Gasteiger partial charge in [0.25, 0.3) is 0 Å². The van der Waals surface area contributed by atoms with Crippen LogP contribution in [0.4, 0.5) is 5.69 Å². The van der Waals surface area contributed by atoms with Crippen molar-refractivity contribution >= 4 is 23.2 Å². The van der Waals surface area contributed by atoms with E-state index in [0.717, 1.165) is 36.9 Å². The highest BCUT2D eigenvalue weighted by Crippen LogP contribution is 2.53. The number of nitrogens with one attached hydrogen (secondary N) is 1. The first-order valence-corrected chi connectivity index (χ1v) is 7.77. The quantitative estimate of drug-likeness (QED) is 0.793. The minimum Gasteiger partial charge on any atom is -0.326 e. The number of amides is 1. The molecule has 0 aliphatic heterocycles. The first kappa shape index (κ1) is 13.7. The van der Waals surface area contributed by atoms with Gasteiger partial charge >= 0.3 is 0 Å². The first-order valence-electron chi connectivity index (χ1n) is 7.39. The van der Waals surface area contributed by atoms with Gasteiger partial charge in [0.05, 0.1) is 0 Å². The summed E-state index contributed by atoms with van der Waals surface area (Å²) in [4.78, 5) is 12.5. The molecule has 2 atom stereocenters. The van der Waals surface area contributed by atoms with Crippen LogP contribution in [0.25, 0.3) is 0 Å². The van der Waals surface area contributed by atoms with Gasteiger partial charge in [0.1, 0.15) is 0 Å². The van der Waals surface area contributed by atoms with Crippen molar-refractivity contribution in [2.45, 2.75) is 32.6 Å². The molecule has 0 radical (unpaired) electrons. The lowest BCUT2D eigenvalue weighted by Gasteiger charge is -2.09. The molecule has 3 rings (SSSR count). The van der Waals surface area contributed by atoms with Crippen molar-refractivity contribution in [3.05, 3.63) is 40.9 Å². The largest absolute Gasteiger partial charge is 0.326 e. The van der Waals surface area contributed by atoms with Crippen LogP contribution in [0, 0.1) is 24.7 Å². The summed E-state index contributed by atoms with van der Waals surface area (Å²) in [5.74, 6) is 1.54. The molecule has 0 spiro atoms. The van der Waals surface area contributed by atoms with Gasteiger partial charge in [-0.3, -0.25) is 4.79 Å². The Labute approximate surface area is 125 Å². The number of carbonyl (C=O) groups excluding carboxylic acids is 1. The number of benzene rings is 1. The molecule has 0 bridgehead atoms. The fraction of sp³-hybridized carbons (Fsp3) is 0.471. The van der Waals surface area contributed by atoms with Crippen LogP contribution in [0.3, 0.4) is 0 Å². The molecule has 0 saturated heterocycles. The fourth-order valence-electron chi connectivity index (χ4n) is 3.39. The molecule has 1 amide bonds. The highest BCUT2D eigenvalue weighted by atomic mass is 35.5. The summed E-state index contributed by atoms with van der Waals surface area (Å²) in [6.45, 7) is 1.94. The summed E-state index contributed by atoms with van der Waals surface area (Å²) in [6, 6.07) is 5.65. The molecule has 2 nitrogen and oxygen atoms in total. The topological polar surface area (TPSA) is 29.1 Å². The van der Waals surface area contributed by atoms with E-state index in [0.29, 0.717) is 16.9 Å². The SMILES string of the molecule is Cc1c(Cl)cccc1NC(=O)C1C2CCC=CCCC21. The first-order chi connectivity index (χ1) is 9.68. The highest BCUT2D eigenvalue weighted by Gasteiger charge is 2.53. The van der Waals surface area contributed by atoms with Gasteiger partial charge in [-0.15, -0.1) is 0 Å². The standard InChI is InChI=1S/C17H20ClNO/c1-11-14(18)9-6-10-15(11)19-17(20)16-12-7-4-2-3-5-8-13(12)16/h2-3,6,9-10,12-13,16H,4-5,7-8H2,1H3,(H,19,20). The summed E-state index contributed by atoms with van der Waals surface area (Å²) >= 11 is 6.10. The number of anilines is 1. The lowest BCUT2D eigenvalue weighted by molar-refractivity contribution is -0.117. The maximum atomic E-state index is 12.5. The average Bonchev–Trinajstić information content (AvgIpc) is 3.06. The van der Waals surface area contributed by atoms with Gasteiger partial charge in [-0.1, -0.05) is 29.8 Å². The Hall–Kier alpha value is -1.28. The minimum absolute atomic E-state index is 0.173. The molecule has 0 aromatic heterocycles. The molecule has 20 heavy (non-hydrogen) atoms. The van der Waals surface area contributed by atoms with Crippen LogP contribution in [0.2, 0.25) is 5.02 Å². The number of hydrogen-bond donors (Lipinski definition) is 1. The van der Waals surface area contributed by atoms with Crippen molar-refractivity contribution < 1.29 is 4.79 Å². The second kappa shape index (κ2) is 5.61. The predicted octanol–water partition coefficient (Wildman–Crippen LogP) is 4.58. The monoisotopic (exact) mass is 289 g/mol. The van der Waals surface area contributed by atoms with Crippen LogP contribution in [0.1, 0.15) is 31.2 Å². The van der Waals surface area contributed by atoms with Crippen molar-refractivity contribution in [3.63, 3.8) is 0 Å². The molecule has 1 aromatic carbocycles. The van der Waals surface area contributed by atoms with E-state index in [-0.39, 0.29) is 11.8 Å². The maximum Gasteiger partial charge on any atom is 0.228 e. The van der Waals surface area contributed by atoms with E-state index in [4.69, 9.17) is 11.6 Å². The normalized spacial score (nSPS) is 28.2. The predicted molar refractivity (Wildman–Crippen MR) is 82.9 cm³/mol. The van der Waals surface area contributed by atoms with E-state index in [9.17, 15) is 4.79 Å². The van der Waals surface area contributed by atoms with Gasteiger partial charge < -0.3 is 5.32 Å². The van der Waals surface area contributed by atoms with Gasteiger partial charge in [0.15, 0.2) is 0 Å². The van der Waals surface area contributed by atoms with E-state index in [2.05, 4.69) is 17.5 Å². The third-order valence-electron chi connectivity index (χ3n) is 4.66. The van der Waals surface area contributed by atoms with Crippen LogP contribution < -0.4 is 5.32 Å².